The molecule has 2 fully saturated rings. The zero-order valence-electron chi connectivity index (χ0n) is 11.1. The summed E-state index contributed by atoms with van der Waals surface area (Å²) in [6.07, 6.45) is 4.44. The standard InChI is InChI=1S/C13H25N3O/c1-3-14-12-5-4-8-16(13(12)17)11-6-9-15(2)10-7-11/h11-12,14H,3-10H2,1-2H3. The van der Waals surface area contributed by atoms with Crippen molar-refractivity contribution in [2.24, 2.45) is 0 Å². The zero-order valence-corrected chi connectivity index (χ0v) is 11.1. The monoisotopic (exact) mass is 239 g/mol. The Hall–Kier alpha value is -0.610. The first-order valence-electron chi connectivity index (χ1n) is 6.94. The second-order valence-electron chi connectivity index (χ2n) is 5.32. The van der Waals surface area contributed by atoms with E-state index in [9.17, 15) is 4.79 Å². The molecule has 2 aliphatic rings. The third-order valence-electron chi connectivity index (χ3n) is 4.05. The summed E-state index contributed by atoms with van der Waals surface area (Å²) in [6, 6.07) is 0.563. The first kappa shape index (κ1) is 12.8. The van der Waals surface area contributed by atoms with Crippen molar-refractivity contribution < 1.29 is 4.79 Å². The van der Waals surface area contributed by atoms with Gasteiger partial charge in [-0.1, -0.05) is 6.92 Å². The third kappa shape index (κ3) is 2.99. The number of hydrogen-bond donors (Lipinski definition) is 1. The Kier molecular flexibility index (Phi) is 4.40. The number of rotatable bonds is 3. The molecule has 1 amide bonds. The van der Waals surface area contributed by atoms with Gasteiger partial charge in [0.05, 0.1) is 6.04 Å². The van der Waals surface area contributed by atoms with Gasteiger partial charge in [0.2, 0.25) is 5.91 Å². The first-order valence-corrected chi connectivity index (χ1v) is 6.94. The van der Waals surface area contributed by atoms with E-state index < -0.39 is 0 Å². The lowest BCUT2D eigenvalue weighted by molar-refractivity contribution is -0.139. The molecule has 2 aliphatic heterocycles. The van der Waals surface area contributed by atoms with Gasteiger partial charge in [0, 0.05) is 12.6 Å². The van der Waals surface area contributed by atoms with Crippen molar-refractivity contribution in [3.8, 4) is 0 Å². The smallest absolute Gasteiger partial charge is 0.239 e. The van der Waals surface area contributed by atoms with Crippen molar-refractivity contribution in [3.63, 3.8) is 0 Å². The van der Waals surface area contributed by atoms with Gasteiger partial charge in [0.15, 0.2) is 0 Å². The normalized spacial score (nSPS) is 28.7. The molecule has 98 valence electrons. The van der Waals surface area contributed by atoms with Gasteiger partial charge in [-0.3, -0.25) is 4.79 Å². The molecule has 0 aromatic rings. The first-order chi connectivity index (χ1) is 8.22. The predicted octanol–water partition coefficient (Wildman–Crippen LogP) is 0.681. The number of likely N-dealkylation sites (tertiary alicyclic amines) is 2. The highest BCUT2D eigenvalue weighted by atomic mass is 16.2. The predicted molar refractivity (Wildman–Crippen MR) is 68.9 cm³/mol. The Labute approximate surface area is 104 Å². The van der Waals surface area contributed by atoms with Crippen LogP contribution in [-0.4, -0.2) is 61.0 Å². The maximum atomic E-state index is 12.3. The number of hydrogen-bond acceptors (Lipinski definition) is 3. The number of amides is 1. The number of likely N-dealkylation sites (N-methyl/N-ethyl adjacent to an activating group) is 1. The fourth-order valence-corrected chi connectivity index (χ4v) is 3.00. The number of carbonyl (C=O) groups excluding carboxylic acids is 1. The van der Waals surface area contributed by atoms with Crippen LogP contribution in [0, 0.1) is 0 Å². The van der Waals surface area contributed by atoms with E-state index in [2.05, 4.69) is 29.1 Å². The molecule has 0 saturated carbocycles. The Morgan fingerprint density at radius 1 is 1.24 bits per heavy atom. The molecule has 4 heteroatoms. The SMILES string of the molecule is CCNC1CCCN(C2CCN(C)CC2)C1=O. The summed E-state index contributed by atoms with van der Waals surface area (Å²) in [6.45, 7) is 6.18. The fourth-order valence-electron chi connectivity index (χ4n) is 3.00. The molecule has 4 nitrogen and oxygen atoms in total. The van der Waals surface area contributed by atoms with E-state index in [1.165, 1.54) is 0 Å². The largest absolute Gasteiger partial charge is 0.338 e. The molecule has 2 rings (SSSR count). The van der Waals surface area contributed by atoms with Gasteiger partial charge in [0.25, 0.3) is 0 Å². The summed E-state index contributed by atoms with van der Waals surface area (Å²) >= 11 is 0. The van der Waals surface area contributed by atoms with Crippen molar-refractivity contribution >= 4 is 5.91 Å². The Bertz CT molecular complexity index is 259. The molecule has 0 spiro atoms. The quantitative estimate of drug-likeness (QED) is 0.787. The van der Waals surface area contributed by atoms with E-state index in [1.807, 2.05) is 0 Å². The van der Waals surface area contributed by atoms with Crippen molar-refractivity contribution in [1.82, 2.24) is 15.1 Å². The summed E-state index contributed by atoms with van der Waals surface area (Å²) < 4.78 is 0. The molecule has 0 aromatic carbocycles. The van der Waals surface area contributed by atoms with E-state index in [0.717, 1.165) is 51.9 Å². The minimum atomic E-state index is 0.0772. The highest BCUT2D eigenvalue weighted by molar-refractivity contribution is 5.82. The van der Waals surface area contributed by atoms with Gasteiger partial charge in [-0.15, -0.1) is 0 Å². The number of nitrogens with zero attached hydrogens (tertiary/aromatic N) is 2. The van der Waals surface area contributed by atoms with Crippen LogP contribution in [0.1, 0.15) is 32.6 Å². The van der Waals surface area contributed by atoms with Gasteiger partial charge in [-0.25, -0.2) is 0 Å². The van der Waals surface area contributed by atoms with Gasteiger partial charge < -0.3 is 15.1 Å². The molecule has 0 bridgehead atoms. The summed E-state index contributed by atoms with van der Waals surface area (Å²) in [4.78, 5) is 16.8. The van der Waals surface area contributed by atoms with Crippen LogP contribution >= 0.6 is 0 Å². The van der Waals surface area contributed by atoms with Crippen LogP contribution in [0.3, 0.4) is 0 Å². The number of nitrogens with one attached hydrogen (secondary N) is 1. The molecule has 1 atom stereocenters. The van der Waals surface area contributed by atoms with Crippen LogP contribution < -0.4 is 5.32 Å². The minimum Gasteiger partial charge on any atom is -0.338 e. The van der Waals surface area contributed by atoms with E-state index in [-0.39, 0.29) is 6.04 Å². The summed E-state index contributed by atoms with van der Waals surface area (Å²) in [5, 5.41) is 3.31. The maximum Gasteiger partial charge on any atom is 0.239 e. The highest BCUT2D eigenvalue weighted by Gasteiger charge is 2.33. The van der Waals surface area contributed by atoms with Crippen molar-refractivity contribution in [2.75, 3.05) is 33.2 Å². The third-order valence-corrected chi connectivity index (χ3v) is 4.05. The highest BCUT2D eigenvalue weighted by Crippen LogP contribution is 2.21. The Balaban J connectivity index is 1.93. The molecule has 1 N–H and O–H groups in total. The summed E-state index contributed by atoms with van der Waals surface area (Å²) in [5.41, 5.74) is 0. The topological polar surface area (TPSA) is 35.6 Å². The second kappa shape index (κ2) is 5.83. The van der Waals surface area contributed by atoms with E-state index in [4.69, 9.17) is 0 Å². The average Bonchev–Trinajstić information content (AvgIpc) is 2.34. The average molecular weight is 239 g/mol. The fraction of sp³-hybridized carbons (Fsp3) is 0.923. The van der Waals surface area contributed by atoms with Crippen LogP contribution in [0.25, 0.3) is 0 Å². The van der Waals surface area contributed by atoms with E-state index >= 15 is 0 Å². The van der Waals surface area contributed by atoms with Gasteiger partial charge in [0.1, 0.15) is 0 Å². The van der Waals surface area contributed by atoms with Crippen molar-refractivity contribution in [1.29, 1.82) is 0 Å². The summed E-state index contributed by atoms with van der Waals surface area (Å²) in [5.74, 6) is 0.340. The second-order valence-corrected chi connectivity index (χ2v) is 5.32. The lowest BCUT2D eigenvalue weighted by Crippen LogP contribution is -2.56. The van der Waals surface area contributed by atoms with E-state index in [0.29, 0.717) is 11.9 Å². The molecule has 0 radical (unpaired) electrons. The van der Waals surface area contributed by atoms with Gasteiger partial charge >= 0.3 is 0 Å². The van der Waals surface area contributed by atoms with Crippen LogP contribution in [-0.2, 0) is 4.79 Å². The van der Waals surface area contributed by atoms with Gasteiger partial charge in [-0.2, -0.15) is 0 Å². The minimum absolute atomic E-state index is 0.0772. The van der Waals surface area contributed by atoms with Gasteiger partial charge in [-0.05, 0) is 52.4 Å². The Morgan fingerprint density at radius 3 is 2.59 bits per heavy atom. The van der Waals surface area contributed by atoms with Crippen molar-refractivity contribution in [3.05, 3.63) is 0 Å². The van der Waals surface area contributed by atoms with E-state index in [1.54, 1.807) is 0 Å². The van der Waals surface area contributed by atoms with Crippen molar-refractivity contribution in [2.45, 2.75) is 44.7 Å². The number of carbonyl (C=O) groups is 1. The maximum absolute atomic E-state index is 12.3. The molecule has 2 heterocycles. The van der Waals surface area contributed by atoms with Crippen LogP contribution in [0.15, 0.2) is 0 Å². The summed E-state index contributed by atoms with van der Waals surface area (Å²) in [7, 11) is 2.16. The van der Waals surface area contributed by atoms with Crippen LogP contribution in [0.2, 0.25) is 0 Å². The molecule has 1 unspecified atom stereocenters. The molecule has 2 saturated heterocycles. The molecular formula is C13H25N3O. The number of piperidine rings is 2. The van der Waals surface area contributed by atoms with Crippen LogP contribution in [0.4, 0.5) is 0 Å². The molecule has 0 aliphatic carbocycles. The Morgan fingerprint density at radius 2 is 1.94 bits per heavy atom. The zero-order chi connectivity index (χ0) is 12.3. The molecule has 17 heavy (non-hydrogen) atoms. The van der Waals surface area contributed by atoms with Crippen LogP contribution in [0.5, 0.6) is 0 Å². The lowest BCUT2D eigenvalue weighted by atomic mass is 9.97. The lowest BCUT2D eigenvalue weighted by Gasteiger charge is -2.41. The molecule has 0 aromatic heterocycles. The molecular weight excluding hydrogens is 214 g/mol.